The molecule has 7 atom stereocenters. The van der Waals surface area contributed by atoms with Gasteiger partial charge < -0.3 is 68.3 Å². The zero-order valence-corrected chi connectivity index (χ0v) is 45.0. The van der Waals surface area contributed by atoms with Gasteiger partial charge in [-0.3, -0.25) is 38.4 Å². The fourth-order valence-corrected chi connectivity index (χ4v) is 8.18. The van der Waals surface area contributed by atoms with E-state index in [1.807, 2.05) is 0 Å². The molecule has 0 aromatic rings. The number of halogens is 1. The summed E-state index contributed by atoms with van der Waals surface area (Å²) >= 11 is 1.76. The normalized spacial score (nSPS) is 13.8. The molecule has 0 aliphatic rings. The van der Waals surface area contributed by atoms with Crippen LogP contribution in [0, 0.1) is 0 Å². The average Bonchev–Trinajstić information content (AvgIpc) is 3.33. The molecule has 0 saturated carbocycles. The highest BCUT2D eigenvalue weighted by Crippen LogP contribution is 2.15. The summed E-state index contributed by atoms with van der Waals surface area (Å²) in [7, 11) is 0. The van der Waals surface area contributed by atoms with Crippen LogP contribution in [0.5, 0.6) is 0 Å². The van der Waals surface area contributed by atoms with Gasteiger partial charge in [-0.1, -0.05) is 77.0 Å². The minimum Gasteiger partial charge on any atom is -0.481 e. The van der Waals surface area contributed by atoms with Crippen molar-refractivity contribution in [1.82, 2.24) is 35.4 Å². The molecule has 0 saturated heterocycles. The highest BCUT2D eigenvalue weighted by Gasteiger charge is 2.29. The van der Waals surface area contributed by atoms with Crippen LogP contribution in [0.1, 0.15) is 180 Å². The molecule has 0 rings (SSSR count). The topological polar surface area (TPSA) is 436 Å². The average molecular weight is 1190 g/mol. The van der Waals surface area contributed by atoms with Crippen LogP contribution < -0.4 is 41.2 Å². The summed E-state index contributed by atoms with van der Waals surface area (Å²) < 4.78 is 2.76. The molecule has 0 aromatic heterocycles. The number of carbonyl (C=O) groups excluding carboxylic acids is 7. The first kappa shape index (κ1) is 69.3. The van der Waals surface area contributed by atoms with E-state index in [9.17, 15) is 83.1 Å². The quantitative estimate of drug-likeness (QED) is 0.0234. The Kier molecular flexibility index (Phi) is 38.4. The number of nitrogens with one attached hydrogen (secondary N) is 7. The lowest BCUT2D eigenvalue weighted by Crippen LogP contribution is -2.54. The molecule has 0 aromatic carbocycles. The number of unbranched alkanes of at least 4 members (excludes halogenated alkanes) is 14. The molecule has 0 aliphatic carbocycles. The van der Waals surface area contributed by atoms with Crippen molar-refractivity contribution in [2.45, 2.75) is 223 Å². The first-order chi connectivity index (χ1) is 35.5. The third kappa shape index (κ3) is 36.0. The maximum absolute atomic E-state index is 12.7. The van der Waals surface area contributed by atoms with Crippen LogP contribution in [-0.2, 0) is 57.5 Å². The first-order valence-corrected chi connectivity index (χ1v) is 26.8. The number of aliphatic carboxylic acids is 5. The molecule has 428 valence electrons. The SMILES string of the molecule is C[C@@H](O)[C@H](NC(=O)[C@H](CCCCNC(=O)CC[C@H](NC(=O)CC[C@H](NC(=O)CC[C@H](NC(=O)CC[C@H](NC(=O)CCCCCCCCCCCCCCCCC(=O)O)C(=O)O)C(=O)O)C(=O)O)C(=O)O)NI)C(N)=O. The lowest BCUT2D eigenvalue weighted by molar-refractivity contribution is -0.144. The van der Waals surface area contributed by atoms with Crippen LogP contribution in [0.15, 0.2) is 0 Å². The van der Waals surface area contributed by atoms with Gasteiger partial charge in [0.15, 0.2) is 0 Å². The van der Waals surface area contributed by atoms with Gasteiger partial charge >= 0.3 is 29.8 Å². The second-order valence-corrected chi connectivity index (χ2v) is 19.1. The molecule has 75 heavy (non-hydrogen) atoms. The Balaban J connectivity index is 4.65. The maximum Gasteiger partial charge on any atom is 0.326 e. The maximum atomic E-state index is 12.7. The van der Waals surface area contributed by atoms with Crippen molar-refractivity contribution in [1.29, 1.82) is 0 Å². The molecule has 0 aliphatic heterocycles. The summed E-state index contributed by atoms with van der Waals surface area (Å²) in [4.78, 5) is 145. The van der Waals surface area contributed by atoms with Gasteiger partial charge in [0.2, 0.25) is 41.4 Å². The van der Waals surface area contributed by atoms with Crippen molar-refractivity contribution in [2.75, 3.05) is 6.54 Å². The second-order valence-electron chi connectivity index (χ2n) is 18.5. The molecule has 15 N–H and O–H groups in total. The van der Waals surface area contributed by atoms with Crippen LogP contribution in [0.4, 0.5) is 0 Å². The number of carbonyl (C=O) groups is 12. The van der Waals surface area contributed by atoms with Gasteiger partial charge in [-0.15, -0.1) is 0 Å². The van der Waals surface area contributed by atoms with E-state index in [1.165, 1.54) is 13.3 Å². The smallest absolute Gasteiger partial charge is 0.326 e. The number of carboxylic acid groups (broad SMARTS) is 5. The van der Waals surface area contributed by atoms with E-state index >= 15 is 0 Å². The molecule has 0 radical (unpaired) electrons. The molecular weight excluding hydrogens is 1100 g/mol. The van der Waals surface area contributed by atoms with Gasteiger partial charge in [-0.05, 0) is 64.7 Å². The van der Waals surface area contributed by atoms with Crippen LogP contribution >= 0.6 is 22.9 Å². The monoisotopic (exact) mass is 1180 g/mol. The minimum absolute atomic E-state index is 0.0881. The van der Waals surface area contributed by atoms with Crippen molar-refractivity contribution < 1.29 is 88.2 Å². The molecule has 7 amide bonds. The van der Waals surface area contributed by atoms with Crippen LogP contribution in [0.3, 0.4) is 0 Å². The van der Waals surface area contributed by atoms with Gasteiger partial charge in [0, 0.05) is 67.9 Å². The molecule has 0 unspecified atom stereocenters. The van der Waals surface area contributed by atoms with Gasteiger partial charge in [0.1, 0.15) is 30.2 Å². The van der Waals surface area contributed by atoms with Crippen molar-refractivity contribution in [2.24, 2.45) is 5.73 Å². The lowest BCUT2D eigenvalue weighted by atomic mass is 10.0. The van der Waals surface area contributed by atoms with Crippen molar-refractivity contribution in [3.8, 4) is 0 Å². The van der Waals surface area contributed by atoms with E-state index in [1.54, 1.807) is 22.9 Å². The summed E-state index contributed by atoms with van der Waals surface area (Å²) in [5.41, 5.74) is 5.21. The van der Waals surface area contributed by atoms with E-state index in [-0.39, 0.29) is 38.6 Å². The van der Waals surface area contributed by atoms with E-state index in [0.29, 0.717) is 25.7 Å². The summed E-state index contributed by atoms with van der Waals surface area (Å²) in [5, 5.41) is 70.8. The Bertz CT molecular complexity index is 1840. The highest BCUT2D eigenvalue weighted by molar-refractivity contribution is 14.1. The van der Waals surface area contributed by atoms with Gasteiger partial charge in [0.05, 0.1) is 12.1 Å². The Morgan fingerprint density at radius 1 is 0.400 bits per heavy atom. The number of aliphatic hydroxyl groups excluding tert-OH is 1. The van der Waals surface area contributed by atoms with Crippen molar-refractivity contribution in [3.05, 3.63) is 0 Å². The summed E-state index contributed by atoms with van der Waals surface area (Å²) in [6, 6.07) is -8.28. The molecule has 27 heteroatoms. The standard InChI is InChI=1S/C48H81IN8O18/c1-30(58)42(43(50)66)56-44(67)31(57-49)18-16-17-29-51-36(59)25-21-32(45(68)69)53-38(61)27-23-34(47(72)73)55-40(63)28-24-35(48(74)75)54-39(62)26-22-33(46(70)71)52-37(60)19-14-12-10-8-6-4-2-3-5-7-9-11-13-15-20-41(64)65/h30-35,42,57-58H,2-29H2,1H3,(H2,50,66)(H,51,59)(H,52,60)(H,53,61)(H,54,62)(H,55,63)(H,56,67)(H,64,65)(H,68,69)(H,70,71)(H,72,73)(H,74,75)/t30-,31+,32+,33+,34+,35+,42+/m1/s1. The third-order valence-electron chi connectivity index (χ3n) is 12.0. The summed E-state index contributed by atoms with van der Waals surface area (Å²) in [6.07, 6.45) is 10.5. The number of rotatable bonds is 47. The number of hydrogen-bond acceptors (Lipinski definition) is 14. The van der Waals surface area contributed by atoms with E-state index in [2.05, 4.69) is 35.4 Å². The van der Waals surface area contributed by atoms with E-state index in [4.69, 9.17) is 10.8 Å². The van der Waals surface area contributed by atoms with Crippen LogP contribution in [0.25, 0.3) is 0 Å². The van der Waals surface area contributed by atoms with Crippen LogP contribution in [0.2, 0.25) is 0 Å². The highest BCUT2D eigenvalue weighted by atomic mass is 127. The zero-order chi connectivity index (χ0) is 56.7. The zero-order valence-electron chi connectivity index (χ0n) is 42.9. The minimum atomic E-state index is -1.66. The molecule has 0 fully saturated rings. The third-order valence-corrected chi connectivity index (χ3v) is 12.7. The molecule has 0 spiro atoms. The van der Waals surface area contributed by atoms with Gasteiger partial charge in [-0.2, -0.15) is 0 Å². The fraction of sp³-hybridized carbons (Fsp3) is 0.750. The number of nitrogens with two attached hydrogens (primary N) is 1. The van der Waals surface area contributed by atoms with Crippen LogP contribution in [-0.4, -0.2) is 151 Å². The Hall–Kier alpha value is -5.71. The molecule has 0 bridgehead atoms. The van der Waals surface area contributed by atoms with Gasteiger partial charge in [-0.25, -0.2) is 22.7 Å². The predicted octanol–water partition coefficient (Wildman–Crippen LogP) is 1.66. The number of primary amides is 1. The summed E-state index contributed by atoms with van der Waals surface area (Å²) in [6.45, 7) is 1.46. The van der Waals surface area contributed by atoms with Crippen molar-refractivity contribution >= 4 is 94.1 Å². The Labute approximate surface area is 450 Å². The number of amides is 7. The Morgan fingerprint density at radius 2 is 0.720 bits per heavy atom. The second kappa shape index (κ2) is 41.5. The van der Waals surface area contributed by atoms with Gasteiger partial charge in [0.25, 0.3) is 0 Å². The predicted molar refractivity (Wildman–Crippen MR) is 277 cm³/mol. The summed E-state index contributed by atoms with van der Waals surface area (Å²) in [5.74, 6) is -12.0. The first-order valence-electron chi connectivity index (χ1n) is 25.7. The largest absolute Gasteiger partial charge is 0.481 e. The van der Waals surface area contributed by atoms with Crippen molar-refractivity contribution in [3.63, 3.8) is 0 Å². The Morgan fingerprint density at radius 3 is 1.03 bits per heavy atom. The lowest BCUT2D eigenvalue weighted by Gasteiger charge is -2.21. The number of carboxylic acids is 5. The molecule has 0 heterocycles. The fourth-order valence-electron chi connectivity index (χ4n) is 7.59. The molecule has 26 nitrogen and oxygen atoms in total. The molecular formula is C48H81IN8O18. The number of hydrogen-bond donors (Lipinski definition) is 14. The van der Waals surface area contributed by atoms with E-state index in [0.717, 1.165) is 77.0 Å². The number of aliphatic hydroxyl groups is 1. The van der Waals surface area contributed by atoms with E-state index < -0.39 is 146 Å².